The van der Waals surface area contributed by atoms with Crippen molar-refractivity contribution in [1.82, 2.24) is 5.32 Å². The number of hydrogen-bond donors (Lipinski definition) is 2. The van der Waals surface area contributed by atoms with Gasteiger partial charge in [-0.2, -0.15) is 5.90 Å². The highest BCUT2D eigenvalue weighted by Gasteiger charge is 2.27. The first-order chi connectivity index (χ1) is 14.2. The van der Waals surface area contributed by atoms with Gasteiger partial charge >= 0.3 is 5.57 Å². The van der Waals surface area contributed by atoms with E-state index in [2.05, 4.69) is 15.2 Å². The van der Waals surface area contributed by atoms with Crippen molar-refractivity contribution < 1.29 is 23.2 Å². The minimum atomic E-state index is -3.82. The van der Waals surface area contributed by atoms with Crippen LogP contribution in [0.25, 0.3) is 11.3 Å². The fourth-order valence-electron chi connectivity index (χ4n) is 2.54. The van der Waals surface area contributed by atoms with Gasteiger partial charge in [0.05, 0.1) is 0 Å². The first-order valence-electron chi connectivity index (χ1n) is 8.64. The summed E-state index contributed by atoms with van der Waals surface area (Å²) in [5, 5.41) is 6.54. The van der Waals surface area contributed by atoms with Crippen LogP contribution in [0.3, 0.4) is 0 Å². The second kappa shape index (κ2) is 10.9. The van der Waals surface area contributed by atoms with E-state index >= 15 is 0 Å². The van der Waals surface area contributed by atoms with E-state index < -0.39 is 5.57 Å². The first kappa shape index (κ1) is 23.5. The monoisotopic (exact) mass is 455 g/mol. The Kier molecular flexibility index (Phi) is 8.52. The highest BCUT2D eigenvalue weighted by molar-refractivity contribution is 7.81. The van der Waals surface area contributed by atoms with Crippen LogP contribution in [-0.2, 0) is 16.3 Å². The molecule has 0 bridgehead atoms. The molecule has 0 heterocycles. The maximum Gasteiger partial charge on any atom is 0.487 e. The fourth-order valence-corrected chi connectivity index (χ4v) is 2.67. The third-order valence-electron chi connectivity index (χ3n) is 3.93. The fraction of sp³-hybridized carbons (Fsp3) is 0.200. The lowest BCUT2D eigenvalue weighted by molar-refractivity contribution is -0.0964. The number of thiocarbonyl (C=S) groups is 1. The number of allylic oxidation sites excluding steroid dienone is 1. The van der Waals surface area contributed by atoms with Crippen molar-refractivity contribution in [3.63, 3.8) is 0 Å². The molecule has 0 saturated heterocycles. The summed E-state index contributed by atoms with van der Waals surface area (Å²) in [6.45, 7) is 1.86. The molecule has 0 aliphatic heterocycles. The van der Waals surface area contributed by atoms with Gasteiger partial charge < -0.3 is 19.7 Å². The minimum Gasteiger partial charge on any atom is -0.420 e. The summed E-state index contributed by atoms with van der Waals surface area (Å²) >= 11 is 9.80. The van der Waals surface area contributed by atoms with Crippen molar-refractivity contribution in [2.45, 2.75) is 19.1 Å². The van der Waals surface area contributed by atoms with E-state index in [-0.39, 0.29) is 12.4 Å². The van der Waals surface area contributed by atoms with Crippen molar-refractivity contribution >= 4 is 46.4 Å². The topological polar surface area (TPSA) is 78.1 Å². The lowest BCUT2D eigenvalue weighted by Gasteiger charge is -2.15. The molecule has 2 aromatic carbocycles. The van der Waals surface area contributed by atoms with E-state index in [4.69, 9.17) is 39.4 Å². The van der Waals surface area contributed by atoms with Crippen LogP contribution in [0.2, 0.25) is 0 Å². The molecule has 0 radical (unpaired) electrons. The number of halogens is 3. The van der Waals surface area contributed by atoms with E-state index in [0.717, 1.165) is 5.56 Å². The number of nitrogens with one attached hydrogen (secondary N) is 1. The standard InChI is InChI=1S/C20H20ClF2N3O3S/c1-13(14-7-5-8-16(10-14)28-20(21,22)23)19(29-24)17-9-4-3-6-15(17)12-27-26-11-18(30)25-2/h3-11H,12,24H2,1-2H3,(H,25,30). The van der Waals surface area contributed by atoms with Crippen LogP contribution in [0.5, 0.6) is 5.75 Å². The van der Waals surface area contributed by atoms with E-state index in [1.807, 2.05) is 12.1 Å². The maximum atomic E-state index is 13.0. The Labute approximate surface area is 183 Å². The molecule has 0 amide bonds. The molecule has 0 unspecified atom stereocenters. The lowest BCUT2D eigenvalue weighted by atomic mass is 9.99. The Morgan fingerprint density at radius 2 is 2.00 bits per heavy atom. The Bertz CT molecular complexity index is 949. The summed E-state index contributed by atoms with van der Waals surface area (Å²) in [4.78, 5) is 10.9. The van der Waals surface area contributed by atoms with Gasteiger partial charge in [-0.25, -0.2) is 0 Å². The van der Waals surface area contributed by atoms with Gasteiger partial charge in [-0.05, 0) is 24.6 Å². The maximum absolute atomic E-state index is 13.0. The quantitative estimate of drug-likeness (QED) is 0.143. The number of hydrogen-bond acceptors (Lipinski definition) is 6. The molecule has 0 atom stereocenters. The van der Waals surface area contributed by atoms with Gasteiger partial charge in [-0.1, -0.05) is 53.8 Å². The molecule has 160 valence electrons. The number of oxime groups is 1. The first-order valence-corrected chi connectivity index (χ1v) is 9.43. The van der Waals surface area contributed by atoms with E-state index in [1.54, 1.807) is 38.2 Å². The second-order valence-electron chi connectivity index (χ2n) is 5.93. The van der Waals surface area contributed by atoms with Gasteiger partial charge in [-0.3, -0.25) is 0 Å². The molecular formula is C20H20ClF2N3O3S. The zero-order valence-corrected chi connectivity index (χ0v) is 17.8. The summed E-state index contributed by atoms with van der Waals surface area (Å²) in [6.07, 6.45) is 1.37. The van der Waals surface area contributed by atoms with Gasteiger partial charge in [0.1, 0.15) is 23.6 Å². The molecule has 2 aromatic rings. The molecule has 0 aromatic heterocycles. The molecular weight excluding hydrogens is 436 g/mol. The summed E-state index contributed by atoms with van der Waals surface area (Å²) in [5.41, 5.74) is -1.28. The van der Waals surface area contributed by atoms with Gasteiger partial charge in [0.25, 0.3) is 0 Å². The van der Waals surface area contributed by atoms with Crippen molar-refractivity contribution in [2.75, 3.05) is 7.05 Å². The van der Waals surface area contributed by atoms with Gasteiger partial charge in [-0.15, -0.1) is 8.78 Å². The Morgan fingerprint density at radius 1 is 1.27 bits per heavy atom. The van der Waals surface area contributed by atoms with Crippen molar-refractivity contribution in [2.24, 2.45) is 11.1 Å². The van der Waals surface area contributed by atoms with Crippen LogP contribution in [0, 0.1) is 0 Å². The average Bonchev–Trinajstić information content (AvgIpc) is 2.71. The number of benzene rings is 2. The average molecular weight is 456 g/mol. The SMILES string of the molecule is CNC(=S)C=NOCc1ccccc1C(ON)=C(C)c1cccc(OC(F)(F)Cl)c1. The van der Waals surface area contributed by atoms with Crippen LogP contribution in [0.4, 0.5) is 8.78 Å². The lowest BCUT2D eigenvalue weighted by Crippen LogP contribution is -2.16. The number of nitrogens with zero attached hydrogens (tertiary/aromatic N) is 1. The second-order valence-corrected chi connectivity index (χ2v) is 6.81. The van der Waals surface area contributed by atoms with Gasteiger partial charge in [0.15, 0.2) is 5.76 Å². The summed E-state index contributed by atoms with van der Waals surface area (Å²) in [5.74, 6) is 5.77. The van der Waals surface area contributed by atoms with Crippen molar-refractivity contribution in [3.05, 3.63) is 65.2 Å². The predicted octanol–water partition coefficient (Wildman–Crippen LogP) is 4.68. The Balaban J connectivity index is 2.34. The predicted molar refractivity (Wildman–Crippen MR) is 117 cm³/mol. The van der Waals surface area contributed by atoms with Crippen LogP contribution in [-0.4, -0.2) is 23.8 Å². The van der Waals surface area contributed by atoms with Gasteiger partial charge in [0, 0.05) is 35.3 Å². The summed E-state index contributed by atoms with van der Waals surface area (Å²) in [6, 6.07) is 13.3. The number of nitrogens with two attached hydrogens (primary N) is 1. The van der Waals surface area contributed by atoms with Crippen molar-refractivity contribution in [3.8, 4) is 5.75 Å². The molecule has 3 N–H and O–H groups in total. The highest BCUT2D eigenvalue weighted by Crippen LogP contribution is 2.32. The highest BCUT2D eigenvalue weighted by atomic mass is 35.5. The molecule has 2 rings (SSSR count). The van der Waals surface area contributed by atoms with Crippen LogP contribution in [0.1, 0.15) is 23.6 Å². The third-order valence-corrected chi connectivity index (χ3v) is 4.32. The molecule has 30 heavy (non-hydrogen) atoms. The summed E-state index contributed by atoms with van der Waals surface area (Å²) < 4.78 is 30.3. The largest absolute Gasteiger partial charge is 0.487 e. The Hall–Kier alpha value is -2.75. The van der Waals surface area contributed by atoms with Crippen LogP contribution >= 0.6 is 23.8 Å². The third kappa shape index (κ3) is 6.94. The molecule has 0 fully saturated rings. The molecule has 0 aliphatic carbocycles. The minimum absolute atomic E-state index is 0.102. The zero-order chi connectivity index (χ0) is 22.1. The van der Waals surface area contributed by atoms with E-state index in [0.29, 0.717) is 27.4 Å². The van der Waals surface area contributed by atoms with Crippen LogP contribution < -0.4 is 16.0 Å². The molecule has 0 aliphatic rings. The smallest absolute Gasteiger partial charge is 0.420 e. The normalized spacial score (nSPS) is 12.3. The molecule has 0 saturated carbocycles. The number of ether oxygens (including phenoxy) is 1. The molecule has 6 nitrogen and oxygen atoms in total. The van der Waals surface area contributed by atoms with Crippen molar-refractivity contribution in [1.29, 1.82) is 0 Å². The molecule has 0 spiro atoms. The Morgan fingerprint density at radius 3 is 2.67 bits per heavy atom. The molecule has 10 heteroatoms. The number of rotatable bonds is 9. The van der Waals surface area contributed by atoms with Crippen LogP contribution in [0.15, 0.2) is 53.7 Å². The van der Waals surface area contributed by atoms with E-state index in [1.165, 1.54) is 18.3 Å². The number of alkyl halides is 3. The summed E-state index contributed by atoms with van der Waals surface area (Å²) in [7, 11) is 1.68. The van der Waals surface area contributed by atoms with Gasteiger partial charge in [0.2, 0.25) is 0 Å². The van der Waals surface area contributed by atoms with E-state index in [9.17, 15) is 8.78 Å². The zero-order valence-electron chi connectivity index (χ0n) is 16.2.